The predicted octanol–water partition coefficient (Wildman–Crippen LogP) is 3.85. The first-order valence-corrected chi connectivity index (χ1v) is 8.55. The Morgan fingerprint density at radius 1 is 1.13 bits per heavy atom. The van der Waals surface area contributed by atoms with Crippen molar-refractivity contribution in [3.05, 3.63) is 42.5 Å². The third kappa shape index (κ3) is 2.60. The summed E-state index contributed by atoms with van der Waals surface area (Å²) in [6, 6.07) is 15.4. The van der Waals surface area contributed by atoms with E-state index in [4.69, 9.17) is 4.43 Å². The fourth-order valence-corrected chi connectivity index (χ4v) is 2.35. The van der Waals surface area contributed by atoms with Crippen LogP contribution in [0.15, 0.2) is 36.4 Å². The zero-order valence-corrected chi connectivity index (χ0v) is 10.4. The Morgan fingerprint density at radius 2 is 1.93 bits per heavy atom. The maximum absolute atomic E-state index is 5.93. The lowest BCUT2D eigenvalue weighted by Crippen LogP contribution is -2.29. The van der Waals surface area contributed by atoms with Crippen molar-refractivity contribution >= 4 is 19.1 Å². The minimum absolute atomic E-state index is 0.962. The fourth-order valence-electron chi connectivity index (χ4n) is 1.51. The minimum Gasteiger partial charge on any atom is -0.544 e. The molecule has 0 spiro atoms. The lowest BCUT2D eigenvalue weighted by atomic mass is 10.1. The van der Waals surface area contributed by atoms with E-state index >= 15 is 0 Å². The lowest BCUT2D eigenvalue weighted by Gasteiger charge is -2.19. The van der Waals surface area contributed by atoms with Gasteiger partial charge in [-0.05, 0) is 48.6 Å². The maximum Gasteiger partial charge on any atom is 0.242 e. The van der Waals surface area contributed by atoms with Gasteiger partial charge in [0.1, 0.15) is 5.75 Å². The molecule has 0 amide bonds. The van der Waals surface area contributed by atoms with Gasteiger partial charge >= 0.3 is 0 Å². The van der Waals surface area contributed by atoms with Crippen LogP contribution in [0.2, 0.25) is 19.6 Å². The van der Waals surface area contributed by atoms with Crippen LogP contribution in [0.3, 0.4) is 0 Å². The van der Waals surface area contributed by atoms with E-state index < -0.39 is 8.32 Å². The van der Waals surface area contributed by atoms with Gasteiger partial charge in [0.05, 0.1) is 0 Å². The molecule has 0 saturated carbocycles. The molecule has 0 unspecified atom stereocenters. The van der Waals surface area contributed by atoms with E-state index in [-0.39, 0.29) is 0 Å². The van der Waals surface area contributed by atoms with Gasteiger partial charge in [0.25, 0.3) is 0 Å². The van der Waals surface area contributed by atoms with Crippen molar-refractivity contribution in [1.82, 2.24) is 0 Å². The van der Waals surface area contributed by atoms with Crippen LogP contribution in [0, 0.1) is 6.07 Å². The molecule has 2 rings (SSSR count). The summed E-state index contributed by atoms with van der Waals surface area (Å²) in [5, 5.41) is 2.33. The monoisotopic (exact) mass is 215 g/mol. The van der Waals surface area contributed by atoms with E-state index in [0.29, 0.717) is 0 Å². The summed E-state index contributed by atoms with van der Waals surface area (Å²) in [7, 11) is -1.50. The molecule has 2 aromatic carbocycles. The first kappa shape index (κ1) is 10.2. The molecule has 0 fully saturated rings. The first-order chi connectivity index (χ1) is 7.04. The highest BCUT2D eigenvalue weighted by molar-refractivity contribution is 6.70. The van der Waals surface area contributed by atoms with Crippen LogP contribution in [0.5, 0.6) is 5.75 Å². The van der Waals surface area contributed by atoms with Crippen LogP contribution in [-0.2, 0) is 0 Å². The molecule has 0 aliphatic heterocycles. The van der Waals surface area contributed by atoms with Crippen molar-refractivity contribution in [3.8, 4) is 5.75 Å². The Labute approximate surface area is 91.8 Å². The number of hydrogen-bond donors (Lipinski definition) is 0. The summed E-state index contributed by atoms with van der Waals surface area (Å²) >= 11 is 0. The maximum atomic E-state index is 5.93. The van der Waals surface area contributed by atoms with E-state index in [0.717, 1.165) is 11.1 Å². The van der Waals surface area contributed by atoms with Gasteiger partial charge in [-0.25, -0.2) is 0 Å². The van der Waals surface area contributed by atoms with E-state index in [1.807, 2.05) is 18.2 Å². The highest BCUT2D eigenvalue weighted by atomic mass is 28.4. The number of hydrogen-bond acceptors (Lipinski definition) is 1. The van der Waals surface area contributed by atoms with Crippen LogP contribution in [0.25, 0.3) is 10.8 Å². The molecule has 1 radical (unpaired) electrons. The lowest BCUT2D eigenvalue weighted by molar-refractivity contribution is 0.558. The molecule has 77 valence electrons. The molecule has 0 heterocycles. The number of fused-ring (bicyclic) bond motifs is 1. The van der Waals surface area contributed by atoms with Gasteiger partial charge in [-0.15, -0.1) is 0 Å². The largest absolute Gasteiger partial charge is 0.544 e. The molecule has 15 heavy (non-hydrogen) atoms. The van der Waals surface area contributed by atoms with E-state index in [9.17, 15) is 0 Å². The summed E-state index contributed by atoms with van der Waals surface area (Å²) < 4.78 is 5.93. The molecule has 0 saturated heterocycles. The minimum atomic E-state index is -1.50. The standard InChI is InChI=1S/C13H15OSi/c1-15(2,3)14-13-9-8-11-6-4-5-7-12(11)10-13/h4-6,8-10H,1-3H3. The number of rotatable bonds is 2. The molecule has 1 nitrogen and oxygen atoms in total. The van der Waals surface area contributed by atoms with Crippen molar-refractivity contribution in [2.75, 3.05) is 0 Å². The van der Waals surface area contributed by atoms with Crippen LogP contribution < -0.4 is 4.43 Å². The highest BCUT2D eigenvalue weighted by Gasteiger charge is 2.15. The van der Waals surface area contributed by atoms with Gasteiger partial charge in [-0.1, -0.05) is 24.3 Å². The van der Waals surface area contributed by atoms with Crippen molar-refractivity contribution in [3.63, 3.8) is 0 Å². The fraction of sp³-hybridized carbons (Fsp3) is 0.231. The first-order valence-electron chi connectivity index (χ1n) is 5.14. The average Bonchev–Trinajstić information content (AvgIpc) is 2.15. The van der Waals surface area contributed by atoms with Gasteiger partial charge in [-0.3, -0.25) is 0 Å². The summed E-state index contributed by atoms with van der Waals surface area (Å²) in [4.78, 5) is 0. The molecular formula is C13H15OSi. The third-order valence-corrected chi connectivity index (χ3v) is 2.91. The summed E-state index contributed by atoms with van der Waals surface area (Å²) in [6.07, 6.45) is 0. The molecule has 2 heteroatoms. The molecule has 2 aromatic rings. The molecule has 0 aliphatic rings. The molecule has 0 N–H and O–H groups in total. The van der Waals surface area contributed by atoms with Crippen molar-refractivity contribution in [2.45, 2.75) is 19.6 Å². The van der Waals surface area contributed by atoms with Crippen LogP contribution in [-0.4, -0.2) is 8.32 Å². The van der Waals surface area contributed by atoms with Crippen molar-refractivity contribution in [1.29, 1.82) is 0 Å². The zero-order chi connectivity index (χ0) is 10.9. The SMILES string of the molecule is C[Si](C)(C)Oc1ccc2ccc[c]c2c1. The van der Waals surface area contributed by atoms with Gasteiger partial charge in [0.2, 0.25) is 8.32 Å². The predicted molar refractivity (Wildman–Crippen MR) is 66.8 cm³/mol. The topological polar surface area (TPSA) is 9.23 Å². The Balaban J connectivity index is 2.39. The normalized spacial score (nSPS) is 11.7. The quantitative estimate of drug-likeness (QED) is 0.691. The molecule has 0 aliphatic carbocycles. The molecule has 0 aromatic heterocycles. The Hall–Kier alpha value is -1.28. The van der Waals surface area contributed by atoms with Gasteiger partial charge in [0.15, 0.2) is 0 Å². The van der Waals surface area contributed by atoms with Gasteiger partial charge in [-0.2, -0.15) is 0 Å². The van der Waals surface area contributed by atoms with E-state index in [2.05, 4.69) is 43.9 Å². The summed E-state index contributed by atoms with van der Waals surface area (Å²) in [5.41, 5.74) is 0. The van der Waals surface area contributed by atoms with Crippen LogP contribution in [0.1, 0.15) is 0 Å². The van der Waals surface area contributed by atoms with Crippen molar-refractivity contribution in [2.24, 2.45) is 0 Å². The van der Waals surface area contributed by atoms with Gasteiger partial charge in [0, 0.05) is 0 Å². The second-order valence-electron chi connectivity index (χ2n) is 4.63. The van der Waals surface area contributed by atoms with Crippen LogP contribution >= 0.6 is 0 Å². The Bertz CT molecular complexity index is 471. The average molecular weight is 215 g/mol. The highest BCUT2D eigenvalue weighted by Crippen LogP contribution is 2.22. The number of benzene rings is 2. The third-order valence-electron chi connectivity index (χ3n) is 2.06. The Morgan fingerprint density at radius 3 is 2.67 bits per heavy atom. The van der Waals surface area contributed by atoms with Crippen LogP contribution in [0.4, 0.5) is 0 Å². The summed E-state index contributed by atoms with van der Waals surface area (Å²) in [5.74, 6) is 0.962. The molecule has 0 atom stereocenters. The van der Waals surface area contributed by atoms with Crippen molar-refractivity contribution < 1.29 is 4.43 Å². The van der Waals surface area contributed by atoms with E-state index in [1.165, 1.54) is 5.39 Å². The second kappa shape index (κ2) is 3.70. The smallest absolute Gasteiger partial charge is 0.242 e. The zero-order valence-electron chi connectivity index (χ0n) is 9.37. The Kier molecular flexibility index (Phi) is 2.53. The molecule has 0 bridgehead atoms. The summed E-state index contributed by atoms with van der Waals surface area (Å²) in [6.45, 7) is 6.56. The van der Waals surface area contributed by atoms with E-state index in [1.54, 1.807) is 0 Å². The second-order valence-corrected chi connectivity index (χ2v) is 9.06. The molecular weight excluding hydrogens is 200 g/mol. The van der Waals surface area contributed by atoms with Gasteiger partial charge < -0.3 is 4.43 Å².